The first-order chi connectivity index (χ1) is 12.6. The highest BCUT2D eigenvalue weighted by molar-refractivity contribution is 5.80. The van der Waals surface area contributed by atoms with Crippen LogP contribution in [0.15, 0.2) is 47.8 Å². The molecule has 0 saturated heterocycles. The van der Waals surface area contributed by atoms with E-state index in [9.17, 15) is 18.0 Å². The summed E-state index contributed by atoms with van der Waals surface area (Å²) in [5.41, 5.74) is -0.268. The van der Waals surface area contributed by atoms with E-state index in [1.165, 1.54) is 31.2 Å². The van der Waals surface area contributed by atoms with Crippen molar-refractivity contribution in [2.75, 3.05) is 0 Å². The topological polar surface area (TPSA) is 70.0 Å². The highest BCUT2D eigenvalue weighted by atomic mass is 19.4. The van der Waals surface area contributed by atoms with E-state index >= 15 is 0 Å². The minimum atomic E-state index is -4.45. The molecule has 27 heavy (non-hydrogen) atoms. The maximum atomic E-state index is 12.5. The second-order valence-corrected chi connectivity index (χ2v) is 5.67. The van der Waals surface area contributed by atoms with Crippen molar-refractivity contribution in [2.24, 2.45) is 5.16 Å². The summed E-state index contributed by atoms with van der Waals surface area (Å²) >= 11 is 0. The summed E-state index contributed by atoms with van der Waals surface area (Å²) in [6.07, 6.45) is -4.64. The molecule has 1 atom stereocenters. The van der Waals surface area contributed by atoms with Crippen LogP contribution in [-0.2, 0) is 15.8 Å². The Labute approximate surface area is 153 Å². The van der Waals surface area contributed by atoms with Crippen molar-refractivity contribution in [3.63, 3.8) is 0 Å². The Kier molecular flexibility index (Phi) is 6.38. The fraction of sp³-hybridized carbons (Fsp3) is 0.278. The lowest BCUT2D eigenvalue weighted by atomic mass is 10.3. The molecule has 0 aliphatic rings. The number of hydrogen-bond donors (Lipinski definition) is 0. The van der Waals surface area contributed by atoms with Gasteiger partial charge in [-0.25, -0.2) is 9.78 Å². The molecule has 0 amide bonds. The molecule has 0 saturated carbocycles. The van der Waals surface area contributed by atoms with Crippen LogP contribution in [0.4, 0.5) is 13.2 Å². The zero-order chi connectivity index (χ0) is 20.0. The third-order valence-electron chi connectivity index (χ3n) is 3.07. The summed E-state index contributed by atoms with van der Waals surface area (Å²) in [7, 11) is 0. The van der Waals surface area contributed by atoms with E-state index in [0.717, 1.165) is 12.1 Å². The second kappa shape index (κ2) is 8.52. The van der Waals surface area contributed by atoms with Crippen molar-refractivity contribution in [2.45, 2.75) is 33.1 Å². The molecule has 1 heterocycles. The van der Waals surface area contributed by atoms with Gasteiger partial charge in [0.2, 0.25) is 5.88 Å². The Morgan fingerprint density at radius 3 is 2.22 bits per heavy atom. The number of oxime groups is 1. The SMILES string of the molecule is CC(C)=NOC(=O)C(C)Oc1ccc(Oc2ccc(C(F)(F)F)cn2)cc1. The number of pyridine rings is 1. The second-order valence-electron chi connectivity index (χ2n) is 5.67. The van der Waals surface area contributed by atoms with Crippen molar-refractivity contribution in [3.8, 4) is 17.4 Å². The van der Waals surface area contributed by atoms with Gasteiger partial charge in [-0.3, -0.25) is 0 Å². The van der Waals surface area contributed by atoms with Gasteiger partial charge >= 0.3 is 12.1 Å². The van der Waals surface area contributed by atoms with Crippen LogP contribution in [0.2, 0.25) is 0 Å². The van der Waals surface area contributed by atoms with E-state index in [4.69, 9.17) is 9.47 Å². The number of benzene rings is 1. The summed E-state index contributed by atoms with van der Waals surface area (Å²) < 4.78 is 48.3. The van der Waals surface area contributed by atoms with E-state index in [0.29, 0.717) is 23.4 Å². The molecule has 2 rings (SSSR count). The molecule has 0 spiro atoms. The number of ether oxygens (including phenoxy) is 2. The van der Waals surface area contributed by atoms with Crippen LogP contribution in [0.5, 0.6) is 17.4 Å². The first-order valence-corrected chi connectivity index (χ1v) is 7.85. The molecule has 1 unspecified atom stereocenters. The van der Waals surface area contributed by atoms with E-state index in [1.54, 1.807) is 13.8 Å². The van der Waals surface area contributed by atoms with Crippen LogP contribution >= 0.6 is 0 Å². The van der Waals surface area contributed by atoms with Crippen LogP contribution in [-0.4, -0.2) is 22.8 Å². The molecule has 2 aromatic rings. The zero-order valence-corrected chi connectivity index (χ0v) is 14.8. The highest BCUT2D eigenvalue weighted by Crippen LogP contribution is 2.30. The molecule has 0 fully saturated rings. The number of halogens is 3. The lowest BCUT2D eigenvalue weighted by Crippen LogP contribution is -2.24. The number of aromatic nitrogens is 1. The molecular weight excluding hydrogens is 365 g/mol. The van der Waals surface area contributed by atoms with Crippen LogP contribution in [0, 0.1) is 0 Å². The Bertz CT molecular complexity index is 799. The third kappa shape index (κ3) is 6.28. The molecule has 0 aliphatic heterocycles. The standard InChI is InChI=1S/C18H17F3N2O4/c1-11(2)23-27-17(24)12(3)25-14-5-7-15(8-6-14)26-16-9-4-13(10-22-16)18(19,20)21/h4-10,12H,1-3H3. The van der Waals surface area contributed by atoms with Gasteiger partial charge < -0.3 is 14.3 Å². The molecule has 0 N–H and O–H groups in total. The zero-order valence-electron chi connectivity index (χ0n) is 14.8. The Morgan fingerprint density at radius 2 is 1.70 bits per heavy atom. The summed E-state index contributed by atoms with van der Waals surface area (Å²) in [4.78, 5) is 20.0. The van der Waals surface area contributed by atoms with Gasteiger partial charge in [-0.15, -0.1) is 0 Å². The number of rotatable bonds is 6. The van der Waals surface area contributed by atoms with Gasteiger partial charge in [-0.05, 0) is 51.1 Å². The van der Waals surface area contributed by atoms with Crippen LogP contribution in [0.3, 0.4) is 0 Å². The lowest BCUT2D eigenvalue weighted by Gasteiger charge is -2.12. The van der Waals surface area contributed by atoms with Gasteiger partial charge in [0.25, 0.3) is 0 Å². The van der Waals surface area contributed by atoms with E-state index in [1.807, 2.05) is 0 Å². The predicted octanol–water partition coefficient (Wildman–Crippen LogP) is 4.60. The van der Waals surface area contributed by atoms with Crippen molar-refractivity contribution in [1.29, 1.82) is 0 Å². The fourth-order valence-electron chi connectivity index (χ4n) is 1.78. The predicted molar refractivity (Wildman–Crippen MR) is 90.7 cm³/mol. The summed E-state index contributed by atoms with van der Waals surface area (Å²) in [5, 5.41) is 3.56. The number of nitrogens with zero attached hydrogens (tertiary/aromatic N) is 2. The Morgan fingerprint density at radius 1 is 1.07 bits per heavy atom. The maximum Gasteiger partial charge on any atom is 0.417 e. The van der Waals surface area contributed by atoms with Crippen LogP contribution in [0.1, 0.15) is 26.3 Å². The number of alkyl halides is 3. The average Bonchev–Trinajstić information content (AvgIpc) is 2.61. The van der Waals surface area contributed by atoms with Gasteiger partial charge in [-0.1, -0.05) is 5.16 Å². The van der Waals surface area contributed by atoms with Gasteiger partial charge in [-0.2, -0.15) is 13.2 Å². The number of hydrogen-bond acceptors (Lipinski definition) is 6. The highest BCUT2D eigenvalue weighted by Gasteiger charge is 2.30. The normalized spacial score (nSPS) is 12.1. The van der Waals surface area contributed by atoms with Crippen molar-refractivity contribution < 1.29 is 32.3 Å². The molecule has 1 aromatic heterocycles. The summed E-state index contributed by atoms with van der Waals surface area (Å²) in [6, 6.07) is 8.15. The average molecular weight is 382 g/mol. The summed E-state index contributed by atoms with van der Waals surface area (Å²) in [5.74, 6) is 0.0901. The molecule has 144 valence electrons. The van der Waals surface area contributed by atoms with Crippen molar-refractivity contribution in [3.05, 3.63) is 48.2 Å². The first kappa shape index (κ1) is 20.2. The third-order valence-corrected chi connectivity index (χ3v) is 3.07. The van der Waals surface area contributed by atoms with Gasteiger partial charge in [0.15, 0.2) is 6.10 Å². The Balaban J connectivity index is 1.95. The van der Waals surface area contributed by atoms with Gasteiger partial charge in [0, 0.05) is 12.3 Å². The van der Waals surface area contributed by atoms with E-state index < -0.39 is 23.8 Å². The van der Waals surface area contributed by atoms with Crippen molar-refractivity contribution in [1.82, 2.24) is 4.98 Å². The largest absolute Gasteiger partial charge is 0.479 e. The van der Waals surface area contributed by atoms with E-state index in [-0.39, 0.29) is 5.88 Å². The quantitative estimate of drug-likeness (QED) is 0.415. The maximum absolute atomic E-state index is 12.5. The smallest absolute Gasteiger partial charge is 0.417 e. The molecule has 9 heteroatoms. The molecule has 0 aliphatic carbocycles. The minimum Gasteiger partial charge on any atom is -0.479 e. The van der Waals surface area contributed by atoms with Crippen LogP contribution in [0.25, 0.3) is 0 Å². The Hall–Kier alpha value is -3.10. The van der Waals surface area contributed by atoms with Crippen molar-refractivity contribution >= 4 is 11.7 Å². The lowest BCUT2D eigenvalue weighted by molar-refractivity contribution is -0.151. The molecule has 1 aromatic carbocycles. The first-order valence-electron chi connectivity index (χ1n) is 7.85. The molecular formula is C18H17F3N2O4. The van der Waals surface area contributed by atoms with E-state index in [2.05, 4.69) is 15.0 Å². The molecule has 0 bridgehead atoms. The molecule has 6 nitrogen and oxygen atoms in total. The number of carbonyl (C=O) groups is 1. The number of carbonyl (C=O) groups excluding carboxylic acids is 1. The monoisotopic (exact) mass is 382 g/mol. The minimum absolute atomic E-state index is 0.0152. The molecule has 0 radical (unpaired) electrons. The van der Waals surface area contributed by atoms with Crippen LogP contribution < -0.4 is 9.47 Å². The van der Waals surface area contributed by atoms with Gasteiger partial charge in [0.1, 0.15) is 11.5 Å². The van der Waals surface area contributed by atoms with Gasteiger partial charge in [0.05, 0.1) is 11.3 Å². The fourth-order valence-corrected chi connectivity index (χ4v) is 1.78. The summed E-state index contributed by atoms with van der Waals surface area (Å²) in [6.45, 7) is 4.88.